The van der Waals surface area contributed by atoms with Crippen molar-refractivity contribution in [3.05, 3.63) is 131 Å². The van der Waals surface area contributed by atoms with Crippen LogP contribution in [0.25, 0.3) is 11.6 Å². The Labute approximate surface area is 181 Å². The van der Waals surface area contributed by atoms with Crippen LogP contribution in [-0.4, -0.2) is 11.4 Å². The van der Waals surface area contributed by atoms with E-state index in [1.165, 1.54) is 27.8 Å². The molecule has 0 amide bonds. The van der Waals surface area contributed by atoms with Gasteiger partial charge in [-0.2, -0.15) is 0 Å². The number of ether oxygens (including phenoxy) is 1. The van der Waals surface area contributed by atoms with Crippen molar-refractivity contribution in [2.24, 2.45) is 0 Å². The van der Waals surface area contributed by atoms with Gasteiger partial charge in [-0.25, -0.2) is 0 Å². The molecule has 4 aliphatic rings. The summed E-state index contributed by atoms with van der Waals surface area (Å²) < 4.78 is 6.71. The zero-order valence-electron chi connectivity index (χ0n) is 16.5. The summed E-state index contributed by atoms with van der Waals surface area (Å²) in [5.41, 5.74) is 6.40. The van der Waals surface area contributed by atoms with Crippen molar-refractivity contribution in [1.29, 1.82) is 0 Å². The quantitative estimate of drug-likeness (QED) is 0.504. The Morgan fingerprint density at radius 3 is 2.37 bits per heavy atom. The van der Waals surface area contributed by atoms with Gasteiger partial charge in [0.2, 0.25) is 0 Å². The monoisotopic (exact) mass is 406 g/mol. The van der Waals surface area contributed by atoms with E-state index in [1.54, 1.807) is 0 Å². The van der Waals surface area contributed by atoms with Crippen molar-refractivity contribution in [1.82, 2.24) is 0 Å². The van der Waals surface area contributed by atoms with Crippen LogP contribution in [0.5, 0.6) is 0 Å². The highest BCUT2D eigenvalue weighted by Gasteiger charge is 2.32. The number of rotatable bonds is 1. The first kappa shape index (κ1) is 17.9. The second kappa shape index (κ2) is 7.37. The fourth-order valence-corrected chi connectivity index (χ4v) is 5.94. The van der Waals surface area contributed by atoms with E-state index >= 15 is 0 Å². The second-order valence-corrected chi connectivity index (χ2v) is 9.08. The molecule has 4 atom stereocenters. The lowest BCUT2D eigenvalue weighted by molar-refractivity contribution is 0.158. The predicted octanol–water partition coefficient (Wildman–Crippen LogP) is 7.00. The molecule has 2 aromatic rings. The van der Waals surface area contributed by atoms with Gasteiger partial charge in [0.25, 0.3) is 0 Å². The minimum absolute atomic E-state index is 0.00767. The molecule has 0 spiro atoms. The van der Waals surface area contributed by atoms with Crippen LogP contribution in [0.15, 0.2) is 108 Å². The molecule has 146 valence electrons. The molecule has 30 heavy (non-hydrogen) atoms. The Morgan fingerprint density at radius 1 is 0.700 bits per heavy atom. The van der Waals surface area contributed by atoms with Crippen LogP contribution in [-0.2, 0) is 4.74 Å². The maximum Gasteiger partial charge on any atom is 0.129 e. The SMILES string of the molecule is C1=CC2OC(C3=CSC4C=CC=CC4c4ccccc43)=Cc3ccccc3C2C=C1. The highest BCUT2D eigenvalue weighted by atomic mass is 32.2. The summed E-state index contributed by atoms with van der Waals surface area (Å²) in [5, 5.41) is 2.72. The molecular weight excluding hydrogens is 384 g/mol. The Kier molecular flexibility index (Phi) is 4.39. The van der Waals surface area contributed by atoms with Crippen LogP contribution in [0.4, 0.5) is 0 Å². The van der Waals surface area contributed by atoms with Gasteiger partial charge in [0, 0.05) is 22.7 Å². The number of thioether (sulfide) groups is 1. The van der Waals surface area contributed by atoms with Crippen molar-refractivity contribution in [3.63, 3.8) is 0 Å². The van der Waals surface area contributed by atoms with E-state index in [1.807, 2.05) is 11.8 Å². The normalized spacial score (nSPS) is 28.0. The average molecular weight is 407 g/mol. The Hall–Kier alpha value is -2.97. The van der Waals surface area contributed by atoms with Gasteiger partial charge in [0.1, 0.15) is 11.9 Å². The summed E-state index contributed by atoms with van der Waals surface area (Å²) in [5.74, 6) is 1.58. The van der Waals surface area contributed by atoms with Crippen molar-refractivity contribution in [3.8, 4) is 0 Å². The molecule has 0 N–H and O–H groups in total. The molecule has 2 heteroatoms. The topological polar surface area (TPSA) is 9.23 Å². The van der Waals surface area contributed by atoms with Gasteiger partial charge in [-0.05, 0) is 39.8 Å². The van der Waals surface area contributed by atoms with Crippen LogP contribution < -0.4 is 0 Å². The zero-order valence-corrected chi connectivity index (χ0v) is 17.3. The molecule has 2 heterocycles. The first-order valence-electron chi connectivity index (χ1n) is 10.5. The summed E-state index contributed by atoms with van der Waals surface area (Å²) in [6.07, 6.45) is 19.9. The lowest BCUT2D eigenvalue weighted by Crippen LogP contribution is -2.19. The third kappa shape index (κ3) is 2.95. The van der Waals surface area contributed by atoms with E-state index in [-0.39, 0.29) is 12.0 Å². The Balaban J connectivity index is 1.51. The van der Waals surface area contributed by atoms with Gasteiger partial charge >= 0.3 is 0 Å². The number of benzene rings is 2. The van der Waals surface area contributed by atoms with E-state index < -0.39 is 0 Å². The van der Waals surface area contributed by atoms with Crippen LogP contribution in [0.2, 0.25) is 0 Å². The Bertz CT molecular complexity index is 1180. The summed E-state index contributed by atoms with van der Waals surface area (Å²) in [7, 11) is 0. The molecule has 0 saturated heterocycles. The Morgan fingerprint density at radius 2 is 1.43 bits per heavy atom. The van der Waals surface area contributed by atoms with Gasteiger partial charge in [-0.1, -0.05) is 91.1 Å². The van der Waals surface area contributed by atoms with Crippen LogP contribution in [0, 0.1) is 0 Å². The summed E-state index contributed by atoms with van der Waals surface area (Å²) in [6, 6.07) is 17.5. The maximum atomic E-state index is 6.71. The highest BCUT2D eigenvalue weighted by molar-refractivity contribution is 8.03. The number of hydrogen-bond acceptors (Lipinski definition) is 2. The molecule has 2 aliphatic heterocycles. The lowest BCUT2D eigenvalue weighted by atomic mass is 9.86. The molecule has 1 nitrogen and oxygen atoms in total. The summed E-state index contributed by atoms with van der Waals surface area (Å²) in [4.78, 5) is 0. The minimum Gasteiger partial charge on any atom is -0.485 e. The molecule has 0 bridgehead atoms. The van der Waals surface area contributed by atoms with Crippen molar-refractivity contribution in [2.75, 3.05) is 0 Å². The van der Waals surface area contributed by atoms with E-state index in [0.717, 1.165) is 5.76 Å². The number of hydrogen-bond donors (Lipinski definition) is 0. The van der Waals surface area contributed by atoms with Gasteiger partial charge in [0.05, 0.1) is 0 Å². The van der Waals surface area contributed by atoms with E-state index in [0.29, 0.717) is 11.2 Å². The lowest BCUT2D eigenvalue weighted by Gasteiger charge is -2.26. The molecule has 4 unspecified atom stereocenters. The average Bonchev–Trinajstić information content (AvgIpc) is 3.07. The second-order valence-electron chi connectivity index (χ2n) is 8.03. The minimum atomic E-state index is 0.00767. The van der Waals surface area contributed by atoms with Crippen LogP contribution in [0.1, 0.15) is 34.1 Å². The van der Waals surface area contributed by atoms with E-state index in [9.17, 15) is 0 Å². The summed E-state index contributed by atoms with van der Waals surface area (Å²) >= 11 is 1.89. The first-order valence-corrected chi connectivity index (χ1v) is 11.5. The van der Waals surface area contributed by atoms with Crippen molar-refractivity contribution in [2.45, 2.75) is 23.2 Å². The van der Waals surface area contributed by atoms with Gasteiger partial charge in [0.15, 0.2) is 0 Å². The predicted molar refractivity (Wildman–Crippen MR) is 127 cm³/mol. The molecular formula is C28H22OS. The van der Waals surface area contributed by atoms with Gasteiger partial charge in [-0.15, -0.1) is 11.8 Å². The molecule has 6 rings (SSSR count). The van der Waals surface area contributed by atoms with Gasteiger partial charge in [-0.3, -0.25) is 0 Å². The number of allylic oxidation sites excluding steroid dienone is 6. The third-order valence-electron chi connectivity index (χ3n) is 6.29. The summed E-state index contributed by atoms with van der Waals surface area (Å²) in [6.45, 7) is 0. The fourth-order valence-electron chi connectivity index (χ4n) is 4.82. The molecule has 0 fully saturated rings. The van der Waals surface area contributed by atoms with Crippen LogP contribution >= 0.6 is 11.8 Å². The maximum absolute atomic E-state index is 6.71. The van der Waals surface area contributed by atoms with Gasteiger partial charge < -0.3 is 4.74 Å². The standard InChI is InChI=1S/C28H22OS/c1-2-10-20-19(9-1)17-27(29-26-15-7-5-13-23(20)26)25-18-30-28-16-8-6-14-24(28)21-11-3-4-12-22(21)25/h1-18,23-24,26,28H. The first-order chi connectivity index (χ1) is 14.9. The zero-order chi connectivity index (χ0) is 19.9. The van der Waals surface area contributed by atoms with E-state index in [4.69, 9.17) is 4.74 Å². The molecule has 2 aromatic carbocycles. The van der Waals surface area contributed by atoms with Crippen molar-refractivity contribution < 1.29 is 4.74 Å². The van der Waals surface area contributed by atoms with E-state index in [2.05, 4.69) is 109 Å². The molecule has 0 aromatic heterocycles. The van der Waals surface area contributed by atoms with Crippen LogP contribution in [0.3, 0.4) is 0 Å². The molecule has 0 saturated carbocycles. The molecule has 0 radical (unpaired) electrons. The third-order valence-corrected chi connectivity index (χ3v) is 7.43. The van der Waals surface area contributed by atoms with Crippen molar-refractivity contribution >= 4 is 23.4 Å². The number of fused-ring (bicyclic) bond motifs is 6. The smallest absolute Gasteiger partial charge is 0.129 e. The highest BCUT2D eigenvalue weighted by Crippen LogP contribution is 2.46. The molecule has 2 aliphatic carbocycles. The fraction of sp³-hybridized carbons (Fsp3) is 0.143. The largest absolute Gasteiger partial charge is 0.485 e.